The Kier molecular flexibility index (Phi) is 5.53. The highest BCUT2D eigenvalue weighted by Crippen LogP contribution is 2.41. The minimum Gasteiger partial charge on any atom is -0.497 e. The molecule has 0 aliphatic heterocycles. The van der Waals surface area contributed by atoms with Crippen LogP contribution in [0.25, 0.3) is 31.7 Å². The first-order valence-electron chi connectivity index (χ1n) is 9.25. The molecule has 6 nitrogen and oxygen atoms in total. The molecule has 0 atom stereocenters. The maximum Gasteiger partial charge on any atom is 0.238 e. The summed E-state index contributed by atoms with van der Waals surface area (Å²) in [6.07, 6.45) is 0. The van der Waals surface area contributed by atoms with Gasteiger partial charge in [-0.1, -0.05) is 24.3 Å². The van der Waals surface area contributed by atoms with E-state index < -0.39 is 10.0 Å². The number of nitrogens with two attached hydrogens (primary N) is 1. The van der Waals surface area contributed by atoms with Crippen LogP contribution < -0.4 is 20.0 Å². The standard InChI is InChI=1S/C23H19NO5S2/c1-28-15-9-12-17(19(13-15)29-2)21-22(25)18-5-3-4-6-20(18)30-23(21)14-7-10-16(11-8-14)31(24,26)27/h3-13H,1-2H3,(H2,24,26,27). The lowest BCUT2D eigenvalue weighted by Crippen LogP contribution is -2.11. The number of primary sulfonamides is 1. The lowest BCUT2D eigenvalue weighted by molar-refractivity contribution is 0.395. The number of hydrogen-bond donors (Lipinski definition) is 1. The van der Waals surface area contributed by atoms with Crippen LogP contribution in [-0.2, 0) is 10.0 Å². The van der Waals surface area contributed by atoms with Crippen molar-refractivity contribution < 1.29 is 17.9 Å². The monoisotopic (exact) mass is 453 g/mol. The maximum atomic E-state index is 13.6. The molecule has 4 aromatic rings. The molecule has 0 radical (unpaired) electrons. The van der Waals surface area contributed by atoms with Crippen LogP contribution in [0, 0.1) is 0 Å². The number of fused-ring (bicyclic) bond motifs is 1. The van der Waals surface area contributed by atoms with Crippen LogP contribution >= 0.6 is 11.3 Å². The van der Waals surface area contributed by atoms with Gasteiger partial charge in [0.1, 0.15) is 11.5 Å². The van der Waals surface area contributed by atoms with Crippen LogP contribution in [0.3, 0.4) is 0 Å². The number of benzene rings is 3. The summed E-state index contributed by atoms with van der Waals surface area (Å²) in [7, 11) is -0.722. The van der Waals surface area contributed by atoms with E-state index in [4.69, 9.17) is 14.6 Å². The second-order valence-corrected chi connectivity index (χ2v) is 9.38. The molecule has 0 aliphatic rings. The van der Waals surface area contributed by atoms with E-state index in [1.807, 2.05) is 18.2 Å². The number of sulfonamides is 1. The van der Waals surface area contributed by atoms with Gasteiger partial charge in [-0.25, -0.2) is 13.6 Å². The molecule has 158 valence electrons. The zero-order valence-electron chi connectivity index (χ0n) is 16.8. The predicted octanol–water partition coefficient (Wildman–Crippen LogP) is 4.26. The molecule has 1 heterocycles. The van der Waals surface area contributed by atoms with Gasteiger partial charge in [-0.3, -0.25) is 4.79 Å². The summed E-state index contributed by atoms with van der Waals surface area (Å²) in [4.78, 5) is 14.3. The summed E-state index contributed by atoms with van der Waals surface area (Å²) in [5.41, 5.74) is 1.67. The summed E-state index contributed by atoms with van der Waals surface area (Å²) in [5, 5.41) is 5.83. The van der Waals surface area contributed by atoms with Gasteiger partial charge in [0.2, 0.25) is 10.0 Å². The normalized spacial score (nSPS) is 11.5. The summed E-state index contributed by atoms with van der Waals surface area (Å²) >= 11 is 1.45. The van der Waals surface area contributed by atoms with E-state index in [0.717, 1.165) is 4.70 Å². The van der Waals surface area contributed by atoms with E-state index in [2.05, 4.69) is 0 Å². The zero-order valence-corrected chi connectivity index (χ0v) is 18.4. The Morgan fingerprint density at radius 2 is 1.61 bits per heavy atom. The van der Waals surface area contributed by atoms with Gasteiger partial charge >= 0.3 is 0 Å². The van der Waals surface area contributed by atoms with Crippen LogP contribution in [0.1, 0.15) is 0 Å². The summed E-state index contributed by atoms with van der Waals surface area (Å²) < 4.78 is 35.0. The number of hydrogen-bond acceptors (Lipinski definition) is 6. The third-order valence-corrected chi connectivity index (χ3v) is 7.07. The van der Waals surface area contributed by atoms with Gasteiger partial charge in [-0.15, -0.1) is 11.3 Å². The molecule has 0 amide bonds. The Morgan fingerprint density at radius 1 is 0.903 bits per heavy atom. The lowest BCUT2D eigenvalue weighted by Gasteiger charge is -2.15. The van der Waals surface area contributed by atoms with Gasteiger partial charge in [-0.05, 0) is 42.0 Å². The van der Waals surface area contributed by atoms with E-state index >= 15 is 0 Å². The number of ether oxygens (including phenoxy) is 2. The number of rotatable bonds is 5. The van der Waals surface area contributed by atoms with Gasteiger partial charge < -0.3 is 9.47 Å². The van der Waals surface area contributed by atoms with Gasteiger partial charge in [0.05, 0.1) is 24.7 Å². The lowest BCUT2D eigenvalue weighted by atomic mass is 9.99. The van der Waals surface area contributed by atoms with Crippen molar-refractivity contribution in [1.82, 2.24) is 0 Å². The predicted molar refractivity (Wildman–Crippen MR) is 123 cm³/mol. The zero-order chi connectivity index (χ0) is 22.2. The molecule has 0 spiro atoms. The van der Waals surface area contributed by atoms with Gasteiger partial charge in [-0.2, -0.15) is 0 Å². The van der Waals surface area contributed by atoms with E-state index in [1.165, 1.54) is 30.6 Å². The van der Waals surface area contributed by atoms with Crippen molar-refractivity contribution >= 4 is 31.4 Å². The molecule has 0 fully saturated rings. The third kappa shape index (κ3) is 3.93. The summed E-state index contributed by atoms with van der Waals surface area (Å²) in [6.45, 7) is 0. The first-order chi connectivity index (χ1) is 14.8. The van der Waals surface area contributed by atoms with Crippen molar-refractivity contribution in [2.45, 2.75) is 4.90 Å². The molecular formula is C23H19NO5S2. The summed E-state index contributed by atoms with van der Waals surface area (Å²) in [6, 6.07) is 18.8. The summed E-state index contributed by atoms with van der Waals surface area (Å²) in [5.74, 6) is 1.11. The maximum absolute atomic E-state index is 13.6. The third-order valence-electron chi connectivity index (χ3n) is 4.92. The second kappa shape index (κ2) is 8.14. The Labute approximate surface area is 183 Å². The minimum absolute atomic E-state index is 0.00737. The van der Waals surface area contributed by atoms with Gasteiger partial charge in [0, 0.05) is 26.6 Å². The van der Waals surface area contributed by atoms with Gasteiger partial charge in [0.15, 0.2) is 5.43 Å². The molecule has 0 saturated carbocycles. The average Bonchev–Trinajstić information content (AvgIpc) is 2.78. The molecular weight excluding hydrogens is 434 g/mol. The van der Waals surface area contributed by atoms with E-state index in [1.54, 1.807) is 43.5 Å². The van der Waals surface area contributed by atoms with Crippen LogP contribution in [0.2, 0.25) is 0 Å². The first-order valence-corrected chi connectivity index (χ1v) is 11.6. The SMILES string of the molecule is COc1ccc(-c2c(-c3ccc(S(N)(=O)=O)cc3)sc3ccccc3c2=O)c(OC)c1. The van der Waals surface area contributed by atoms with Gasteiger partial charge in [0.25, 0.3) is 0 Å². The Bertz CT molecular complexity index is 1440. The number of methoxy groups -OCH3 is 2. The van der Waals surface area contributed by atoms with Crippen molar-refractivity contribution in [1.29, 1.82) is 0 Å². The molecule has 1 aromatic heterocycles. The Morgan fingerprint density at radius 3 is 2.26 bits per heavy atom. The highest BCUT2D eigenvalue weighted by Gasteiger charge is 2.20. The average molecular weight is 454 g/mol. The van der Waals surface area contributed by atoms with Crippen LogP contribution in [0.15, 0.2) is 76.4 Å². The molecule has 0 unspecified atom stereocenters. The fraction of sp³-hybridized carbons (Fsp3) is 0.0870. The van der Waals surface area contributed by atoms with Crippen LogP contribution in [-0.4, -0.2) is 22.6 Å². The molecule has 0 aliphatic carbocycles. The van der Waals surface area contributed by atoms with E-state index in [-0.39, 0.29) is 10.3 Å². The van der Waals surface area contributed by atoms with E-state index in [9.17, 15) is 13.2 Å². The van der Waals surface area contributed by atoms with Crippen molar-refractivity contribution in [2.24, 2.45) is 5.14 Å². The highest BCUT2D eigenvalue weighted by molar-refractivity contribution is 7.89. The Hall–Kier alpha value is -3.20. The highest BCUT2D eigenvalue weighted by atomic mass is 32.2. The molecule has 0 saturated heterocycles. The first kappa shape index (κ1) is 21.0. The second-order valence-electron chi connectivity index (χ2n) is 6.77. The van der Waals surface area contributed by atoms with Crippen molar-refractivity contribution in [3.05, 3.63) is 77.0 Å². The molecule has 3 aromatic carbocycles. The fourth-order valence-corrected chi connectivity index (χ4v) is 5.10. The molecule has 2 N–H and O–H groups in total. The molecule has 4 rings (SSSR count). The van der Waals surface area contributed by atoms with Crippen molar-refractivity contribution in [3.8, 4) is 33.1 Å². The molecule has 8 heteroatoms. The largest absolute Gasteiger partial charge is 0.497 e. The van der Waals surface area contributed by atoms with Crippen LogP contribution in [0.5, 0.6) is 11.5 Å². The van der Waals surface area contributed by atoms with Crippen LogP contribution in [0.4, 0.5) is 0 Å². The fourth-order valence-electron chi connectivity index (χ4n) is 3.39. The van der Waals surface area contributed by atoms with Crippen molar-refractivity contribution in [2.75, 3.05) is 14.2 Å². The smallest absolute Gasteiger partial charge is 0.238 e. The topological polar surface area (TPSA) is 95.7 Å². The van der Waals surface area contributed by atoms with Crippen molar-refractivity contribution in [3.63, 3.8) is 0 Å². The minimum atomic E-state index is -3.82. The molecule has 0 bridgehead atoms. The Balaban J connectivity index is 2.05. The quantitative estimate of drug-likeness (QED) is 0.487. The van der Waals surface area contributed by atoms with E-state index in [0.29, 0.717) is 38.5 Å². The molecule has 31 heavy (non-hydrogen) atoms.